The number of carbonyl (C=O) groups is 2. The Balaban J connectivity index is 1.56. The molecule has 0 aromatic heterocycles. The van der Waals surface area contributed by atoms with E-state index in [1.807, 2.05) is 55.5 Å². The number of aliphatic hydroxyl groups is 1. The van der Waals surface area contributed by atoms with E-state index in [4.69, 9.17) is 0 Å². The van der Waals surface area contributed by atoms with Gasteiger partial charge in [0.15, 0.2) is 0 Å². The molecular formula is C20H22N2O3. The van der Waals surface area contributed by atoms with Gasteiger partial charge in [-0.1, -0.05) is 42.5 Å². The van der Waals surface area contributed by atoms with Gasteiger partial charge in [-0.25, -0.2) is 0 Å². The van der Waals surface area contributed by atoms with Crippen molar-refractivity contribution in [2.24, 2.45) is 0 Å². The van der Waals surface area contributed by atoms with Crippen LogP contribution in [0.1, 0.15) is 16.7 Å². The molecule has 2 amide bonds. The van der Waals surface area contributed by atoms with Gasteiger partial charge in [0.2, 0.25) is 0 Å². The van der Waals surface area contributed by atoms with Crippen LogP contribution in [0.25, 0.3) is 0 Å². The van der Waals surface area contributed by atoms with E-state index in [0.29, 0.717) is 13.0 Å². The lowest BCUT2D eigenvalue weighted by Crippen LogP contribution is -2.44. The summed E-state index contributed by atoms with van der Waals surface area (Å²) in [5.74, 6) is -1.25. The van der Waals surface area contributed by atoms with Gasteiger partial charge in [-0.15, -0.1) is 0 Å². The van der Waals surface area contributed by atoms with Gasteiger partial charge in [-0.3, -0.25) is 9.59 Å². The Morgan fingerprint density at radius 1 is 1.16 bits per heavy atom. The molecule has 0 radical (unpaired) electrons. The summed E-state index contributed by atoms with van der Waals surface area (Å²) in [6.07, 6.45) is 0.464. The molecule has 0 spiro atoms. The van der Waals surface area contributed by atoms with Gasteiger partial charge < -0.3 is 15.3 Å². The van der Waals surface area contributed by atoms with Crippen molar-refractivity contribution in [3.63, 3.8) is 0 Å². The van der Waals surface area contributed by atoms with Gasteiger partial charge in [0.1, 0.15) is 0 Å². The highest BCUT2D eigenvalue weighted by Gasteiger charge is 2.29. The fraction of sp³-hybridized carbons (Fsp3) is 0.300. The lowest BCUT2D eigenvalue weighted by atomic mass is 10.1. The largest absolute Gasteiger partial charge is 0.391 e. The standard InChI is InChI=1S/C20H22N2O3/c1-14-6-5-9-18-17(14)10-11-22(18)20(25)19(24)21-13-16(23)12-15-7-3-2-4-8-15/h2-9,16,23H,10-13H2,1H3,(H,21,24). The van der Waals surface area contributed by atoms with Crippen LogP contribution in [-0.2, 0) is 22.4 Å². The van der Waals surface area contributed by atoms with Crippen molar-refractivity contribution in [3.05, 3.63) is 65.2 Å². The van der Waals surface area contributed by atoms with Crippen molar-refractivity contribution in [1.82, 2.24) is 5.32 Å². The minimum Gasteiger partial charge on any atom is -0.391 e. The first kappa shape index (κ1) is 17.2. The summed E-state index contributed by atoms with van der Waals surface area (Å²) < 4.78 is 0. The predicted octanol–water partition coefficient (Wildman–Crippen LogP) is 1.60. The number of amides is 2. The molecular weight excluding hydrogens is 316 g/mol. The number of anilines is 1. The van der Waals surface area contributed by atoms with Crippen LogP contribution in [-0.4, -0.2) is 36.1 Å². The topological polar surface area (TPSA) is 69.6 Å². The molecule has 1 atom stereocenters. The van der Waals surface area contributed by atoms with Gasteiger partial charge in [-0.05, 0) is 36.1 Å². The second kappa shape index (κ2) is 7.49. The van der Waals surface area contributed by atoms with Crippen molar-refractivity contribution in [2.75, 3.05) is 18.0 Å². The summed E-state index contributed by atoms with van der Waals surface area (Å²) in [6.45, 7) is 2.57. The number of aryl methyl sites for hydroxylation is 1. The number of rotatable bonds is 4. The summed E-state index contributed by atoms with van der Waals surface area (Å²) in [7, 11) is 0. The molecule has 1 aliphatic heterocycles. The molecule has 3 rings (SSSR count). The van der Waals surface area contributed by atoms with E-state index >= 15 is 0 Å². The zero-order valence-corrected chi connectivity index (χ0v) is 14.2. The molecule has 0 aliphatic carbocycles. The summed E-state index contributed by atoms with van der Waals surface area (Å²) in [5.41, 5.74) is 4.05. The average Bonchev–Trinajstić information content (AvgIpc) is 3.05. The minimum absolute atomic E-state index is 0.0496. The SMILES string of the molecule is Cc1cccc2c1CCN2C(=O)C(=O)NCC(O)Cc1ccccc1. The molecule has 2 aromatic rings. The first-order valence-corrected chi connectivity index (χ1v) is 8.46. The fourth-order valence-electron chi connectivity index (χ4n) is 3.19. The fourth-order valence-corrected chi connectivity index (χ4v) is 3.19. The minimum atomic E-state index is -0.729. The molecule has 25 heavy (non-hydrogen) atoms. The third-order valence-electron chi connectivity index (χ3n) is 4.51. The normalized spacial score (nSPS) is 14.1. The predicted molar refractivity (Wildman–Crippen MR) is 96.4 cm³/mol. The second-order valence-electron chi connectivity index (χ2n) is 6.33. The summed E-state index contributed by atoms with van der Waals surface area (Å²) in [6, 6.07) is 15.3. The van der Waals surface area contributed by atoms with E-state index in [1.165, 1.54) is 4.90 Å². The van der Waals surface area contributed by atoms with Crippen molar-refractivity contribution in [2.45, 2.75) is 25.9 Å². The highest BCUT2D eigenvalue weighted by molar-refractivity contribution is 6.40. The van der Waals surface area contributed by atoms with Gasteiger partial charge in [0.25, 0.3) is 0 Å². The number of carbonyl (C=O) groups excluding carboxylic acids is 2. The van der Waals surface area contributed by atoms with E-state index in [0.717, 1.165) is 28.8 Å². The molecule has 2 aromatic carbocycles. The van der Waals surface area contributed by atoms with E-state index in [2.05, 4.69) is 5.32 Å². The van der Waals surface area contributed by atoms with Crippen LogP contribution >= 0.6 is 0 Å². The third kappa shape index (κ3) is 3.88. The molecule has 0 fully saturated rings. The Bertz CT molecular complexity index is 774. The van der Waals surface area contributed by atoms with Gasteiger partial charge >= 0.3 is 11.8 Å². The summed E-state index contributed by atoms with van der Waals surface area (Å²) in [5, 5.41) is 12.6. The molecule has 0 saturated heterocycles. The first-order valence-electron chi connectivity index (χ1n) is 8.46. The van der Waals surface area contributed by atoms with Gasteiger partial charge in [-0.2, -0.15) is 0 Å². The van der Waals surface area contributed by atoms with Gasteiger partial charge in [0.05, 0.1) is 6.10 Å². The van der Waals surface area contributed by atoms with Crippen LogP contribution in [0, 0.1) is 6.92 Å². The number of nitrogens with one attached hydrogen (secondary N) is 1. The van der Waals surface area contributed by atoms with Crippen LogP contribution in [0.15, 0.2) is 48.5 Å². The highest BCUT2D eigenvalue weighted by atomic mass is 16.3. The van der Waals surface area contributed by atoms with E-state index in [-0.39, 0.29) is 6.54 Å². The maximum Gasteiger partial charge on any atom is 0.316 e. The smallest absolute Gasteiger partial charge is 0.316 e. The van der Waals surface area contributed by atoms with E-state index in [9.17, 15) is 14.7 Å². The lowest BCUT2D eigenvalue weighted by Gasteiger charge is -2.18. The van der Waals surface area contributed by atoms with Crippen LogP contribution in [0.2, 0.25) is 0 Å². The van der Waals surface area contributed by atoms with Crippen LogP contribution in [0.4, 0.5) is 5.69 Å². The summed E-state index contributed by atoms with van der Waals surface area (Å²) in [4.78, 5) is 26.1. The van der Waals surface area contributed by atoms with E-state index in [1.54, 1.807) is 0 Å². The number of aliphatic hydroxyl groups excluding tert-OH is 1. The molecule has 0 bridgehead atoms. The molecule has 1 unspecified atom stereocenters. The monoisotopic (exact) mass is 338 g/mol. The van der Waals surface area contributed by atoms with Crippen molar-refractivity contribution < 1.29 is 14.7 Å². The van der Waals surface area contributed by atoms with Crippen molar-refractivity contribution in [3.8, 4) is 0 Å². The molecule has 5 nitrogen and oxygen atoms in total. The first-order chi connectivity index (χ1) is 12.1. The Morgan fingerprint density at radius 3 is 2.68 bits per heavy atom. The van der Waals surface area contributed by atoms with Gasteiger partial charge in [0, 0.05) is 25.2 Å². The van der Waals surface area contributed by atoms with Crippen LogP contribution in [0.5, 0.6) is 0 Å². The van der Waals surface area contributed by atoms with Crippen LogP contribution < -0.4 is 10.2 Å². The zero-order chi connectivity index (χ0) is 17.8. The Kier molecular flexibility index (Phi) is 5.14. The summed E-state index contributed by atoms with van der Waals surface area (Å²) >= 11 is 0. The second-order valence-corrected chi connectivity index (χ2v) is 6.33. The maximum absolute atomic E-state index is 12.4. The van der Waals surface area contributed by atoms with Crippen molar-refractivity contribution in [1.29, 1.82) is 0 Å². The lowest BCUT2D eigenvalue weighted by molar-refractivity contribution is -0.137. The zero-order valence-electron chi connectivity index (χ0n) is 14.2. The average molecular weight is 338 g/mol. The molecule has 130 valence electrons. The number of hydrogen-bond acceptors (Lipinski definition) is 3. The third-order valence-corrected chi connectivity index (χ3v) is 4.51. The van der Waals surface area contributed by atoms with Crippen molar-refractivity contribution >= 4 is 17.5 Å². The molecule has 2 N–H and O–H groups in total. The van der Waals surface area contributed by atoms with Crippen LogP contribution in [0.3, 0.4) is 0 Å². The Morgan fingerprint density at radius 2 is 1.92 bits per heavy atom. The number of fused-ring (bicyclic) bond motifs is 1. The van der Waals surface area contributed by atoms with E-state index < -0.39 is 17.9 Å². The maximum atomic E-state index is 12.4. The number of benzene rings is 2. The molecule has 5 heteroatoms. The number of nitrogens with zero attached hydrogens (tertiary/aromatic N) is 1. The Labute approximate surface area is 147 Å². The number of hydrogen-bond donors (Lipinski definition) is 2. The highest BCUT2D eigenvalue weighted by Crippen LogP contribution is 2.30. The quantitative estimate of drug-likeness (QED) is 0.832. The Hall–Kier alpha value is -2.66. The molecule has 1 heterocycles. The molecule has 0 saturated carbocycles. The molecule has 1 aliphatic rings.